The molecule has 1 heterocycles. The van der Waals surface area contributed by atoms with Crippen LogP contribution in [-0.2, 0) is 0 Å². The van der Waals surface area contributed by atoms with Gasteiger partial charge in [-0.15, -0.1) is 12.4 Å². The van der Waals surface area contributed by atoms with E-state index in [0.29, 0.717) is 0 Å². The first-order chi connectivity index (χ1) is 2.89. The first kappa shape index (κ1) is 7.21. The summed E-state index contributed by atoms with van der Waals surface area (Å²) >= 11 is 0. The molecule has 0 aromatic heterocycles. The molecule has 1 aliphatic rings. The van der Waals surface area contributed by atoms with Gasteiger partial charge in [0.15, 0.2) is 0 Å². The van der Waals surface area contributed by atoms with Gasteiger partial charge in [-0.25, -0.2) is 5.01 Å². The van der Waals surface area contributed by atoms with Crippen molar-refractivity contribution >= 4 is 12.4 Å². The van der Waals surface area contributed by atoms with E-state index >= 15 is 0 Å². The van der Waals surface area contributed by atoms with E-state index in [1.54, 1.807) is 0 Å². The Morgan fingerprint density at radius 1 is 1.57 bits per heavy atom. The number of rotatable bonds is 0. The van der Waals surface area contributed by atoms with E-state index in [9.17, 15) is 0 Å². The zero-order chi connectivity index (χ0) is 4.41. The van der Waals surface area contributed by atoms with Crippen LogP contribution in [0.25, 0.3) is 0 Å². The number of hydrazine groups is 1. The van der Waals surface area contributed by atoms with E-state index in [1.165, 1.54) is 13.0 Å². The predicted molar refractivity (Wildman–Crippen MR) is 32.5 cm³/mol. The summed E-state index contributed by atoms with van der Waals surface area (Å²) in [6.45, 7) is 2.37. The Hall–Kier alpha value is 0.210. The molecule has 0 saturated carbocycles. The van der Waals surface area contributed by atoms with Crippen LogP contribution in [0.4, 0.5) is 0 Å². The van der Waals surface area contributed by atoms with Crippen LogP contribution in [0.3, 0.4) is 0 Å². The third-order valence-electron chi connectivity index (χ3n) is 1.05. The van der Waals surface area contributed by atoms with Gasteiger partial charge in [0.2, 0.25) is 0 Å². The zero-order valence-electron chi connectivity index (χ0n) is 4.48. The lowest BCUT2D eigenvalue weighted by atomic mass is 10.5. The Morgan fingerprint density at radius 2 is 2.29 bits per heavy atom. The Bertz CT molecular complexity index is 43.0. The van der Waals surface area contributed by atoms with Crippen LogP contribution in [-0.4, -0.2) is 25.1 Å². The lowest BCUT2D eigenvalue weighted by molar-refractivity contribution is 0.316. The van der Waals surface area contributed by atoms with Crippen LogP contribution >= 0.6 is 12.4 Å². The molecule has 0 unspecified atom stereocenters. The summed E-state index contributed by atoms with van der Waals surface area (Å²) in [5.74, 6) is 0. The fourth-order valence-electron chi connectivity index (χ4n) is 0.665. The van der Waals surface area contributed by atoms with Gasteiger partial charge in [-0.05, 0) is 6.42 Å². The maximum atomic E-state index is 3.15. The van der Waals surface area contributed by atoms with Gasteiger partial charge in [0.1, 0.15) is 0 Å². The van der Waals surface area contributed by atoms with Crippen LogP contribution in [0.15, 0.2) is 0 Å². The molecule has 3 heteroatoms. The molecule has 0 atom stereocenters. The number of nitrogens with one attached hydrogen (secondary N) is 1. The average molecular weight is 123 g/mol. The first-order valence-electron chi connectivity index (χ1n) is 2.34. The minimum Gasteiger partial charge on any atom is -0.255 e. The van der Waals surface area contributed by atoms with Crippen molar-refractivity contribution in [1.82, 2.24) is 10.4 Å². The maximum absolute atomic E-state index is 3.15. The van der Waals surface area contributed by atoms with Crippen molar-refractivity contribution in [2.75, 3.05) is 20.1 Å². The van der Waals surface area contributed by atoms with Crippen LogP contribution < -0.4 is 5.43 Å². The standard InChI is InChI=1S/C4H10N2.ClH/c1-6-4-2-3-5-6;/h5H,2-4H2,1H3;1H. The smallest absolute Gasteiger partial charge is 0.0140 e. The molecule has 0 aromatic carbocycles. The Morgan fingerprint density at radius 3 is 2.43 bits per heavy atom. The van der Waals surface area contributed by atoms with Crippen molar-refractivity contribution in [2.45, 2.75) is 6.42 Å². The molecule has 1 saturated heterocycles. The highest BCUT2D eigenvalue weighted by Gasteiger charge is 2.01. The van der Waals surface area contributed by atoms with Gasteiger partial charge in [0.25, 0.3) is 0 Å². The quantitative estimate of drug-likeness (QED) is 0.496. The van der Waals surface area contributed by atoms with E-state index < -0.39 is 0 Å². The molecule has 0 amide bonds. The van der Waals surface area contributed by atoms with Crippen molar-refractivity contribution in [2.24, 2.45) is 0 Å². The molecule has 0 spiro atoms. The number of hydrogen-bond donors (Lipinski definition) is 1. The summed E-state index contributed by atoms with van der Waals surface area (Å²) in [6.07, 6.45) is 1.30. The summed E-state index contributed by atoms with van der Waals surface area (Å²) in [6, 6.07) is 0. The second kappa shape index (κ2) is 3.24. The van der Waals surface area contributed by atoms with Gasteiger partial charge < -0.3 is 0 Å². The van der Waals surface area contributed by atoms with E-state index in [2.05, 4.69) is 17.5 Å². The van der Waals surface area contributed by atoms with Crippen LogP contribution in [0, 0.1) is 0 Å². The Kier molecular flexibility index (Phi) is 3.34. The van der Waals surface area contributed by atoms with Crippen LogP contribution in [0.5, 0.6) is 0 Å². The van der Waals surface area contributed by atoms with E-state index in [1.807, 2.05) is 0 Å². The largest absolute Gasteiger partial charge is 0.255 e. The summed E-state index contributed by atoms with van der Waals surface area (Å²) in [4.78, 5) is 0. The van der Waals surface area contributed by atoms with Gasteiger partial charge >= 0.3 is 0 Å². The average Bonchev–Trinajstić information content (AvgIpc) is 1.86. The van der Waals surface area contributed by atoms with Crippen molar-refractivity contribution in [3.8, 4) is 0 Å². The van der Waals surface area contributed by atoms with Gasteiger partial charge in [-0.2, -0.15) is 0 Å². The Balaban J connectivity index is 0.000000360. The van der Waals surface area contributed by atoms with Crippen molar-refractivity contribution in [3.05, 3.63) is 0 Å². The Labute approximate surface area is 50.3 Å². The number of halogens is 1. The van der Waals surface area contributed by atoms with E-state index in [-0.39, 0.29) is 12.4 Å². The molecule has 44 valence electrons. The fourth-order valence-corrected chi connectivity index (χ4v) is 0.665. The van der Waals surface area contributed by atoms with Gasteiger partial charge in [-0.1, -0.05) is 0 Å². The number of nitrogens with zero attached hydrogens (tertiary/aromatic N) is 1. The summed E-state index contributed by atoms with van der Waals surface area (Å²) in [5.41, 5.74) is 3.15. The van der Waals surface area contributed by atoms with E-state index in [4.69, 9.17) is 0 Å². The van der Waals surface area contributed by atoms with Gasteiger partial charge in [-0.3, -0.25) is 5.43 Å². The van der Waals surface area contributed by atoms with E-state index in [0.717, 1.165) is 6.54 Å². The summed E-state index contributed by atoms with van der Waals surface area (Å²) in [5, 5.41) is 2.11. The lowest BCUT2D eigenvalue weighted by Gasteiger charge is -2.03. The first-order valence-corrected chi connectivity index (χ1v) is 2.34. The van der Waals surface area contributed by atoms with Crippen molar-refractivity contribution in [3.63, 3.8) is 0 Å². The highest BCUT2D eigenvalue weighted by Crippen LogP contribution is 1.88. The maximum Gasteiger partial charge on any atom is 0.0140 e. The third-order valence-corrected chi connectivity index (χ3v) is 1.05. The highest BCUT2D eigenvalue weighted by molar-refractivity contribution is 5.85. The van der Waals surface area contributed by atoms with Gasteiger partial charge in [0, 0.05) is 20.1 Å². The molecular weight excluding hydrogens is 112 g/mol. The molecule has 1 aliphatic heterocycles. The normalized spacial score (nSPS) is 21.9. The summed E-state index contributed by atoms with van der Waals surface area (Å²) in [7, 11) is 2.06. The molecule has 0 bridgehead atoms. The molecule has 0 radical (unpaired) electrons. The fraction of sp³-hybridized carbons (Fsp3) is 1.00. The van der Waals surface area contributed by atoms with Crippen molar-refractivity contribution < 1.29 is 0 Å². The monoisotopic (exact) mass is 122 g/mol. The molecular formula is C4H11ClN2. The third kappa shape index (κ3) is 2.12. The summed E-state index contributed by atoms with van der Waals surface area (Å²) < 4.78 is 0. The molecule has 7 heavy (non-hydrogen) atoms. The SMILES string of the molecule is CN1CCCN1.Cl. The minimum atomic E-state index is 0. The molecule has 1 rings (SSSR count). The molecule has 2 nitrogen and oxygen atoms in total. The van der Waals surface area contributed by atoms with Crippen LogP contribution in [0.2, 0.25) is 0 Å². The minimum absolute atomic E-state index is 0. The molecule has 0 aliphatic carbocycles. The zero-order valence-corrected chi connectivity index (χ0v) is 5.29. The highest BCUT2D eigenvalue weighted by atomic mass is 35.5. The van der Waals surface area contributed by atoms with Crippen molar-refractivity contribution in [1.29, 1.82) is 0 Å². The molecule has 1 fully saturated rings. The van der Waals surface area contributed by atoms with Crippen LogP contribution in [0.1, 0.15) is 6.42 Å². The topological polar surface area (TPSA) is 15.3 Å². The second-order valence-electron chi connectivity index (χ2n) is 1.68. The molecule has 1 N–H and O–H groups in total. The predicted octanol–water partition coefficient (Wildman–Crippen LogP) is 0.248. The second-order valence-corrected chi connectivity index (χ2v) is 1.68. The lowest BCUT2D eigenvalue weighted by Crippen LogP contribution is -2.25. The molecule has 0 aromatic rings. The van der Waals surface area contributed by atoms with Gasteiger partial charge in [0.05, 0.1) is 0 Å². The number of hydrogen-bond acceptors (Lipinski definition) is 2.